The lowest BCUT2D eigenvalue weighted by molar-refractivity contribution is -0.117. The molecule has 0 radical (unpaired) electrons. The van der Waals surface area contributed by atoms with Gasteiger partial charge in [0.1, 0.15) is 0 Å². The van der Waals surface area contributed by atoms with Gasteiger partial charge in [0.15, 0.2) is 0 Å². The first-order chi connectivity index (χ1) is 13.2. The minimum absolute atomic E-state index is 0.0513. The van der Waals surface area contributed by atoms with Gasteiger partial charge < -0.3 is 10.6 Å². The van der Waals surface area contributed by atoms with Crippen LogP contribution in [-0.4, -0.2) is 11.8 Å². The van der Waals surface area contributed by atoms with E-state index in [0.717, 1.165) is 31.4 Å². The van der Waals surface area contributed by atoms with Gasteiger partial charge in [-0.3, -0.25) is 9.59 Å². The fourth-order valence-corrected chi connectivity index (χ4v) is 3.94. The Kier molecular flexibility index (Phi) is 5.23. The van der Waals surface area contributed by atoms with Gasteiger partial charge in [-0.1, -0.05) is 43.2 Å². The molecule has 2 aliphatic carbocycles. The lowest BCUT2D eigenvalue weighted by atomic mass is 9.91. The van der Waals surface area contributed by atoms with E-state index in [1.54, 1.807) is 12.1 Å². The van der Waals surface area contributed by atoms with Crippen molar-refractivity contribution in [1.82, 2.24) is 5.32 Å². The summed E-state index contributed by atoms with van der Waals surface area (Å²) in [5, 5.41) is 6.16. The second kappa shape index (κ2) is 7.95. The second-order valence-corrected chi connectivity index (χ2v) is 7.75. The van der Waals surface area contributed by atoms with E-state index in [1.165, 1.54) is 18.4 Å². The molecule has 4 nitrogen and oxygen atoms in total. The molecule has 2 fully saturated rings. The van der Waals surface area contributed by atoms with E-state index in [-0.39, 0.29) is 23.8 Å². The monoisotopic (exact) mass is 362 g/mol. The van der Waals surface area contributed by atoms with Crippen molar-refractivity contribution >= 4 is 17.5 Å². The summed E-state index contributed by atoms with van der Waals surface area (Å²) in [6, 6.07) is 17.5. The van der Waals surface area contributed by atoms with Crippen LogP contribution in [0.25, 0.3) is 0 Å². The Morgan fingerprint density at radius 1 is 0.852 bits per heavy atom. The molecule has 2 saturated carbocycles. The van der Waals surface area contributed by atoms with Crippen LogP contribution in [0, 0.1) is 11.8 Å². The Morgan fingerprint density at radius 2 is 1.52 bits per heavy atom. The van der Waals surface area contributed by atoms with Crippen molar-refractivity contribution in [2.24, 2.45) is 11.8 Å². The van der Waals surface area contributed by atoms with Gasteiger partial charge in [-0.05, 0) is 61.4 Å². The molecule has 1 unspecified atom stereocenters. The highest BCUT2D eigenvalue weighted by molar-refractivity contribution is 5.97. The van der Waals surface area contributed by atoms with E-state index < -0.39 is 0 Å². The number of amides is 2. The fourth-order valence-electron chi connectivity index (χ4n) is 3.94. The minimum atomic E-state index is -0.0594. The fraction of sp³-hybridized carbons (Fsp3) is 0.391. The normalized spacial score (nSPS) is 18.1. The Labute approximate surface area is 160 Å². The van der Waals surface area contributed by atoms with Crippen LogP contribution in [0.2, 0.25) is 0 Å². The summed E-state index contributed by atoms with van der Waals surface area (Å²) >= 11 is 0. The van der Waals surface area contributed by atoms with Crippen LogP contribution in [0.15, 0.2) is 54.6 Å². The Balaban J connectivity index is 1.44. The van der Waals surface area contributed by atoms with Crippen molar-refractivity contribution in [3.63, 3.8) is 0 Å². The molecule has 0 heterocycles. The van der Waals surface area contributed by atoms with Gasteiger partial charge in [0.2, 0.25) is 5.91 Å². The minimum Gasteiger partial charge on any atom is -0.345 e. The lowest BCUT2D eigenvalue weighted by Crippen LogP contribution is -2.32. The molecule has 0 bridgehead atoms. The van der Waals surface area contributed by atoms with Gasteiger partial charge in [-0.25, -0.2) is 0 Å². The van der Waals surface area contributed by atoms with Crippen LogP contribution < -0.4 is 10.6 Å². The van der Waals surface area contributed by atoms with Gasteiger partial charge in [-0.2, -0.15) is 0 Å². The number of hydrogen-bond acceptors (Lipinski definition) is 2. The van der Waals surface area contributed by atoms with Crippen molar-refractivity contribution < 1.29 is 9.59 Å². The Morgan fingerprint density at radius 3 is 2.15 bits per heavy atom. The van der Waals surface area contributed by atoms with Crippen molar-refractivity contribution in [3.05, 3.63) is 65.7 Å². The summed E-state index contributed by atoms with van der Waals surface area (Å²) in [5.41, 5.74) is 2.54. The highest BCUT2D eigenvalue weighted by atomic mass is 16.2. The van der Waals surface area contributed by atoms with Gasteiger partial charge in [-0.15, -0.1) is 0 Å². The first-order valence-corrected chi connectivity index (χ1v) is 9.97. The second-order valence-electron chi connectivity index (χ2n) is 7.75. The predicted molar refractivity (Wildman–Crippen MR) is 106 cm³/mol. The quantitative estimate of drug-likeness (QED) is 0.783. The number of benzene rings is 2. The maximum atomic E-state index is 12.8. The molecule has 27 heavy (non-hydrogen) atoms. The molecule has 140 valence electrons. The molecule has 4 rings (SSSR count). The smallest absolute Gasteiger partial charge is 0.251 e. The van der Waals surface area contributed by atoms with Gasteiger partial charge >= 0.3 is 0 Å². The number of carbonyl (C=O) groups is 2. The molecule has 4 heteroatoms. The molecule has 2 aromatic rings. The summed E-state index contributed by atoms with van der Waals surface area (Å²) in [6.45, 7) is 0. The summed E-state index contributed by atoms with van der Waals surface area (Å²) < 4.78 is 0. The van der Waals surface area contributed by atoms with E-state index in [0.29, 0.717) is 11.5 Å². The van der Waals surface area contributed by atoms with Crippen molar-refractivity contribution in [1.29, 1.82) is 0 Å². The van der Waals surface area contributed by atoms with Gasteiger partial charge in [0.25, 0.3) is 5.91 Å². The molecule has 0 aromatic heterocycles. The summed E-state index contributed by atoms with van der Waals surface area (Å²) in [5.74, 6) is 0.688. The molecule has 1 atom stereocenters. The third kappa shape index (κ3) is 4.38. The highest BCUT2D eigenvalue weighted by Gasteiger charge is 2.30. The first kappa shape index (κ1) is 17.8. The topological polar surface area (TPSA) is 58.2 Å². The average Bonchev–Trinajstić information content (AvgIpc) is 3.42. The van der Waals surface area contributed by atoms with Crippen LogP contribution in [0.4, 0.5) is 5.69 Å². The van der Waals surface area contributed by atoms with Crippen LogP contribution in [-0.2, 0) is 4.79 Å². The summed E-state index contributed by atoms with van der Waals surface area (Å²) in [6.07, 6.45) is 6.75. The molecular weight excluding hydrogens is 336 g/mol. The van der Waals surface area contributed by atoms with Crippen LogP contribution in [0.1, 0.15) is 60.5 Å². The van der Waals surface area contributed by atoms with E-state index in [2.05, 4.69) is 22.8 Å². The zero-order valence-corrected chi connectivity index (χ0v) is 15.5. The highest BCUT2D eigenvalue weighted by Crippen LogP contribution is 2.36. The number of carbonyl (C=O) groups excluding carboxylic acids is 2. The zero-order valence-electron chi connectivity index (χ0n) is 15.5. The average molecular weight is 362 g/mol. The molecule has 2 amide bonds. The summed E-state index contributed by atoms with van der Waals surface area (Å²) in [7, 11) is 0. The molecule has 2 aromatic carbocycles. The zero-order chi connectivity index (χ0) is 18.6. The van der Waals surface area contributed by atoms with E-state index >= 15 is 0 Å². The van der Waals surface area contributed by atoms with Crippen molar-refractivity contribution in [3.8, 4) is 0 Å². The lowest BCUT2D eigenvalue weighted by Gasteiger charge is -2.25. The third-order valence-corrected chi connectivity index (χ3v) is 5.68. The van der Waals surface area contributed by atoms with Crippen LogP contribution in [0.3, 0.4) is 0 Å². The van der Waals surface area contributed by atoms with E-state index in [4.69, 9.17) is 0 Å². The summed E-state index contributed by atoms with van der Waals surface area (Å²) in [4.78, 5) is 24.7. The molecular formula is C23H26N2O2. The van der Waals surface area contributed by atoms with E-state index in [1.807, 2.05) is 30.3 Å². The molecule has 0 spiro atoms. The maximum Gasteiger partial charge on any atom is 0.251 e. The number of hydrogen-bond donors (Lipinski definition) is 2. The molecule has 0 aliphatic heterocycles. The van der Waals surface area contributed by atoms with Crippen molar-refractivity contribution in [2.45, 2.75) is 44.6 Å². The van der Waals surface area contributed by atoms with Gasteiger partial charge in [0, 0.05) is 17.2 Å². The third-order valence-electron chi connectivity index (χ3n) is 5.68. The molecule has 0 saturated heterocycles. The van der Waals surface area contributed by atoms with Crippen molar-refractivity contribution in [2.75, 3.05) is 5.32 Å². The van der Waals surface area contributed by atoms with E-state index in [9.17, 15) is 9.59 Å². The SMILES string of the molecule is O=C(NC(c1ccccc1)C1CCCC1)c1ccc(NC(=O)C2CC2)cc1. The maximum absolute atomic E-state index is 12.8. The molecule has 2 aliphatic rings. The number of anilines is 1. The Bertz CT molecular complexity index is 791. The largest absolute Gasteiger partial charge is 0.345 e. The standard InChI is InChI=1S/C23H26N2O2/c26-22(18-10-11-18)24-20-14-12-19(13-15-20)23(27)25-21(17-8-4-5-9-17)16-6-2-1-3-7-16/h1-3,6-7,12-15,17-18,21H,4-5,8-11H2,(H,24,26)(H,25,27). The first-order valence-electron chi connectivity index (χ1n) is 9.97. The van der Waals surface area contributed by atoms with Crippen LogP contribution >= 0.6 is 0 Å². The van der Waals surface area contributed by atoms with Crippen LogP contribution in [0.5, 0.6) is 0 Å². The predicted octanol–water partition coefficient (Wildman–Crippen LogP) is 4.70. The number of nitrogens with one attached hydrogen (secondary N) is 2. The number of rotatable bonds is 6. The molecule has 2 N–H and O–H groups in total. The Hall–Kier alpha value is -2.62. The van der Waals surface area contributed by atoms with Gasteiger partial charge in [0.05, 0.1) is 6.04 Å².